The van der Waals surface area contributed by atoms with Crippen LogP contribution in [0.5, 0.6) is 0 Å². The predicted octanol–water partition coefficient (Wildman–Crippen LogP) is 2.91. The van der Waals surface area contributed by atoms with Crippen LogP contribution < -0.4 is 0 Å². The van der Waals surface area contributed by atoms with E-state index in [0.29, 0.717) is 16.4 Å². The van der Waals surface area contributed by atoms with E-state index in [2.05, 4.69) is 0 Å². The molecule has 2 aromatic rings. The van der Waals surface area contributed by atoms with Crippen molar-refractivity contribution in [2.45, 2.75) is 18.8 Å². The fourth-order valence-corrected chi connectivity index (χ4v) is 2.12. The molecule has 5 heteroatoms. The second-order valence-corrected chi connectivity index (χ2v) is 4.68. The fourth-order valence-electron chi connectivity index (χ4n) is 1.93. The van der Waals surface area contributed by atoms with E-state index in [1.165, 1.54) is 14.2 Å². The van der Waals surface area contributed by atoms with Crippen molar-refractivity contribution in [3.05, 3.63) is 35.0 Å². The van der Waals surface area contributed by atoms with Crippen molar-refractivity contribution >= 4 is 22.6 Å². The molecule has 1 aromatic heterocycles. The molecular weight excluding hydrogens is 256 g/mol. The highest BCUT2D eigenvalue weighted by molar-refractivity contribution is 6.31. The number of halogens is 1. The number of fused-ring (bicyclic) bond motifs is 1. The van der Waals surface area contributed by atoms with Crippen LogP contribution in [0.3, 0.4) is 0 Å². The van der Waals surface area contributed by atoms with Crippen LogP contribution in [-0.2, 0) is 15.1 Å². The SMILES string of the molecule is COC(OC)C(C)(O)c1cc2cc(Cl)ccc2o1. The maximum atomic E-state index is 10.4. The number of hydrogen-bond donors (Lipinski definition) is 1. The third kappa shape index (κ3) is 2.24. The molecule has 1 aromatic carbocycles. The van der Waals surface area contributed by atoms with Crippen LogP contribution in [0.25, 0.3) is 11.0 Å². The minimum atomic E-state index is -1.38. The normalized spacial score (nSPS) is 15.2. The van der Waals surface area contributed by atoms with Gasteiger partial charge in [-0.1, -0.05) is 11.6 Å². The van der Waals surface area contributed by atoms with Gasteiger partial charge in [0.1, 0.15) is 11.3 Å². The maximum Gasteiger partial charge on any atom is 0.192 e. The Balaban J connectivity index is 2.47. The van der Waals surface area contributed by atoms with E-state index in [9.17, 15) is 5.11 Å². The first-order chi connectivity index (χ1) is 8.48. The minimum absolute atomic E-state index is 0.369. The van der Waals surface area contributed by atoms with Crippen molar-refractivity contribution in [2.75, 3.05) is 14.2 Å². The van der Waals surface area contributed by atoms with Crippen LogP contribution in [-0.4, -0.2) is 25.6 Å². The van der Waals surface area contributed by atoms with E-state index in [1.807, 2.05) is 0 Å². The Hall–Kier alpha value is -1.07. The van der Waals surface area contributed by atoms with Gasteiger partial charge >= 0.3 is 0 Å². The molecule has 0 aliphatic heterocycles. The van der Waals surface area contributed by atoms with E-state index in [4.69, 9.17) is 25.5 Å². The monoisotopic (exact) mass is 270 g/mol. The average molecular weight is 271 g/mol. The number of rotatable bonds is 4. The zero-order valence-electron chi connectivity index (χ0n) is 10.4. The molecule has 1 unspecified atom stereocenters. The average Bonchev–Trinajstić information content (AvgIpc) is 2.73. The van der Waals surface area contributed by atoms with Crippen LogP contribution in [0.15, 0.2) is 28.7 Å². The van der Waals surface area contributed by atoms with Gasteiger partial charge in [-0.3, -0.25) is 0 Å². The molecule has 0 aliphatic carbocycles. The molecule has 0 aliphatic rings. The van der Waals surface area contributed by atoms with E-state index in [0.717, 1.165) is 5.39 Å². The Morgan fingerprint density at radius 1 is 1.28 bits per heavy atom. The Kier molecular flexibility index (Phi) is 3.64. The Morgan fingerprint density at radius 3 is 2.56 bits per heavy atom. The van der Waals surface area contributed by atoms with Crippen molar-refractivity contribution in [3.63, 3.8) is 0 Å². The lowest BCUT2D eigenvalue weighted by Crippen LogP contribution is -2.38. The zero-order valence-corrected chi connectivity index (χ0v) is 11.2. The third-order valence-electron chi connectivity index (χ3n) is 2.86. The number of ether oxygens (including phenoxy) is 2. The number of furan rings is 1. The molecule has 0 amide bonds. The first-order valence-electron chi connectivity index (χ1n) is 5.46. The highest BCUT2D eigenvalue weighted by atomic mass is 35.5. The highest BCUT2D eigenvalue weighted by Crippen LogP contribution is 2.32. The summed E-state index contributed by atoms with van der Waals surface area (Å²) >= 11 is 5.91. The molecule has 0 fully saturated rings. The van der Waals surface area contributed by atoms with Gasteiger partial charge < -0.3 is 19.0 Å². The van der Waals surface area contributed by atoms with E-state index in [-0.39, 0.29) is 0 Å². The molecule has 0 saturated carbocycles. The first-order valence-corrected chi connectivity index (χ1v) is 5.84. The Labute approximate surface area is 110 Å². The third-order valence-corrected chi connectivity index (χ3v) is 3.10. The summed E-state index contributed by atoms with van der Waals surface area (Å²) in [5.41, 5.74) is -0.727. The fraction of sp³-hybridized carbons (Fsp3) is 0.385. The summed E-state index contributed by atoms with van der Waals surface area (Å²) in [5.74, 6) is 0.369. The molecule has 4 nitrogen and oxygen atoms in total. The van der Waals surface area contributed by atoms with Gasteiger partial charge in [-0.05, 0) is 31.2 Å². The summed E-state index contributed by atoms with van der Waals surface area (Å²) < 4.78 is 15.8. The van der Waals surface area contributed by atoms with Crippen LogP contribution in [0.2, 0.25) is 5.02 Å². The van der Waals surface area contributed by atoms with Gasteiger partial charge in [0.15, 0.2) is 11.9 Å². The topological polar surface area (TPSA) is 51.8 Å². The lowest BCUT2D eigenvalue weighted by molar-refractivity contribution is -0.218. The molecule has 0 radical (unpaired) electrons. The summed E-state index contributed by atoms with van der Waals surface area (Å²) in [5, 5.41) is 11.9. The van der Waals surface area contributed by atoms with Gasteiger partial charge in [0.2, 0.25) is 0 Å². The second kappa shape index (κ2) is 4.90. The van der Waals surface area contributed by atoms with Crippen molar-refractivity contribution in [1.29, 1.82) is 0 Å². The number of benzene rings is 1. The predicted molar refractivity (Wildman–Crippen MR) is 68.6 cm³/mol. The van der Waals surface area contributed by atoms with E-state index < -0.39 is 11.9 Å². The first kappa shape index (κ1) is 13.4. The van der Waals surface area contributed by atoms with Crippen molar-refractivity contribution < 1.29 is 19.0 Å². The van der Waals surface area contributed by atoms with Crippen LogP contribution in [0.4, 0.5) is 0 Å². The molecule has 0 spiro atoms. The van der Waals surface area contributed by atoms with Gasteiger partial charge in [-0.2, -0.15) is 0 Å². The number of methoxy groups -OCH3 is 2. The molecule has 18 heavy (non-hydrogen) atoms. The number of aliphatic hydroxyl groups is 1. The highest BCUT2D eigenvalue weighted by Gasteiger charge is 2.37. The molecule has 0 saturated heterocycles. The standard InChI is InChI=1S/C13H15ClO4/c1-13(15,12(16-2)17-3)11-7-8-6-9(14)4-5-10(8)18-11/h4-7,12,15H,1-3H3. The summed E-state index contributed by atoms with van der Waals surface area (Å²) in [6.45, 7) is 1.57. The van der Waals surface area contributed by atoms with Gasteiger partial charge in [-0.25, -0.2) is 0 Å². The van der Waals surface area contributed by atoms with Crippen molar-refractivity contribution in [3.8, 4) is 0 Å². The largest absolute Gasteiger partial charge is 0.458 e. The molecular formula is C13H15ClO4. The van der Waals surface area contributed by atoms with Crippen molar-refractivity contribution in [1.82, 2.24) is 0 Å². The van der Waals surface area contributed by atoms with Gasteiger partial charge in [0.05, 0.1) is 0 Å². The summed E-state index contributed by atoms with van der Waals surface area (Å²) in [7, 11) is 2.92. The molecule has 1 N–H and O–H groups in total. The van der Waals surface area contributed by atoms with Crippen LogP contribution in [0, 0.1) is 0 Å². The Bertz CT molecular complexity index is 543. The van der Waals surface area contributed by atoms with E-state index >= 15 is 0 Å². The molecule has 0 bridgehead atoms. The minimum Gasteiger partial charge on any atom is -0.458 e. The van der Waals surface area contributed by atoms with Gasteiger partial charge in [-0.15, -0.1) is 0 Å². The molecule has 1 atom stereocenters. The quantitative estimate of drug-likeness (QED) is 0.868. The van der Waals surface area contributed by atoms with Gasteiger partial charge in [0.25, 0.3) is 0 Å². The summed E-state index contributed by atoms with van der Waals surface area (Å²) in [6.07, 6.45) is -0.812. The Morgan fingerprint density at radius 2 is 1.94 bits per heavy atom. The smallest absolute Gasteiger partial charge is 0.192 e. The maximum absolute atomic E-state index is 10.4. The van der Waals surface area contributed by atoms with Crippen LogP contribution in [0.1, 0.15) is 12.7 Å². The lowest BCUT2D eigenvalue weighted by atomic mass is 10.0. The van der Waals surface area contributed by atoms with E-state index in [1.54, 1.807) is 31.2 Å². The lowest BCUT2D eigenvalue weighted by Gasteiger charge is -2.28. The van der Waals surface area contributed by atoms with Crippen molar-refractivity contribution in [2.24, 2.45) is 0 Å². The summed E-state index contributed by atoms with van der Waals surface area (Å²) in [4.78, 5) is 0. The zero-order chi connectivity index (χ0) is 13.3. The molecule has 98 valence electrons. The number of hydrogen-bond acceptors (Lipinski definition) is 4. The second-order valence-electron chi connectivity index (χ2n) is 4.24. The van der Waals surface area contributed by atoms with Crippen LogP contribution >= 0.6 is 11.6 Å². The molecule has 1 heterocycles. The summed E-state index contributed by atoms with van der Waals surface area (Å²) in [6, 6.07) is 6.99. The molecule has 2 rings (SSSR count). The van der Waals surface area contributed by atoms with Gasteiger partial charge in [0, 0.05) is 24.6 Å².